The molecule has 2 aromatic heterocycles. The van der Waals surface area contributed by atoms with Gasteiger partial charge >= 0.3 is 11.2 Å². The number of aromatic nitrogens is 2. The number of anilines is 1. The first-order valence-electron chi connectivity index (χ1n) is 11.7. The third-order valence-electron chi connectivity index (χ3n) is 7.08. The number of benzene rings is 1. The van der Waals surface area contributed by atoms with Crippen LogP contribution in [-0.4, -0.2) is 52.7 Å². The highest BCUT2D eigenvalue weighted by atomic mass is 16.6. The summed E-state index contributed by atoms with van der Waals surface area (Å²) in [5.74, 6) is 3.21. The minimum Gasteiger partial charge on any atom is -0.497 e. The molecule has 0 bridgehead atoms. The van der Waals surface area contributed by atoms with E-state index in [0.717, 1.165) is 18.6 Å². The van der Waals surface area contributed by atoms with Crippen LogP contribution in [0.2, 0.25) is 0 Å². The van der Waals surface area contributed by atoms with Crippen LogP contribution in [0.4, 0.5) is 11.4 Å². The van der Waals surface area contributed by atoms with Crippen molar-refractivity contribution in [1.29, 1.82) is 5.26 Å². The summed E-state index contributed by atoms with van der Waals surface area (Å²) in [5, 5.41) is 21.5. The summed E-state index contributed by atoms with van der Waals surface area (Å²) in [6.07, 6.45) is 7.43. The number of nitrogens with zero attached hydrogens (tertiary/aromatic N) is 6. The van der Waals surface area contributed by atoms with E-state index in [0.29, 0.717) is 31.7 Å². The molecular weight excluding hydrogens is 460 g/mol. The van der Waals surface area contributed by atoms with E-state index < -0.39 is 16.2 Å². The Bertz CT molecular complexity index is 1510. The van der Waals surface area contributed by atoms with E-state index in [9.17, 15) is 20.2 Å². The summed E-state index contributed by atoms with van der Waals surface area (Å²) in [6, 6.07) is 11.5. The lowest BCUT2D eigenvalue weighted by atomic mass is 10.1. The fourth-order valence-electron chi connectivity index (χ4n) is 5.39. The predicted molar refractivity (Wildman–Crippen MR) is 134 cm³/mol. The summed E-state index contributed by atoms with van der Waals surface area (Å²) >= 11 is 0. The van der Waals surface area contributed by atoms with Crippen LogP contribution in [0.15, 0.2) is 35.1 Å². The number of nitriles is 1. The number of hydrogen-bond donors (Lipinski definition) is 0. The van der Waals surface area contributed by atoms with Crippen molar-refractivity contribution in [3.05, 3.63) is 67.6 Å². The maximum absolute atomic E-state index is 13.2. The number of aryl methyl sites for hydroxylation is 1. The van der Waals surface area contributed by atoms with E-state index in [1.807, 2.05) is 17.0 Å². The second-order valence-electron chi connectivity index (χ2n) is 8.87. The van der Waals surface area contributed by atoms with Crippen molar-refractivity contribution in [2.45, 2.75) is 25.4 Å². The first-order valence-corrected chi connectivity index (χ1v) is 11.7. The van der Waals surface area contributed by atoms with Crippen LogP contribution in [0, 0.1) is 33.8 Å². The predicted octanol–water partition coefficient (Wildman–Crippen LogP) is 2.63. The quantitative estimate of drug-likeness (QED) is 0.308. The van der Waals surface area contributed by atoms with Crippen molar-refractivity contribution in [1.82, 2.24) is 14.5 Å². The maximum Gasteiger partial charge on any atom is 0.359 e. The fourth-order valence-corrected chi connectivity index (χ4v) is 5.39. The van der Waals surface area contributed by atoms with E-state index >= 15 is 0 Å². The van der Waals surface area contributed by atoms with Crippen LogP contribution in [0.25, 0.3) is 11.0 Å². The minimum absolute atomic E-state index is 0.110. The monoisotopic (exact) mass is 484 g/mol. The lowest BCUT2D eigenvalue weighted by Crippen LogP contribution is -2.48. The third-order valence-corrected chi connectivity index (χ3v) is 7.08. The van der Waals surface area contributed by atoms with Gasteiger partial charge in [-0.1, -0.05) is 12.0 Å². The summed E-state index contributed by atoms with van der Waals surface area (Å²) in [4.78, 5) is 33.2. The molecule has 0 spiro atoms. The van der Waals surface area contributed by atoms with Gasteiger partial charge in [-0.2, -0.15) is 5.26 Å². The molecule has 36 heavy (non-hydrogen) atoms. The van der Waals surface area contributed by atoms with Gasteiger partial charge in [0.25, 0.3) is 0 Å². The minimum atomic E-state index is -0.772. The molecule has 10 heteroatoms. The standard InChI is InChI=1S/C26H24N6O4/c1-3-10-31-22-9-6-18(16-27)28-23(22)24(25(26(31)33)32(34)35)30-13-11-29(12-14-30)21-8-5-17-4-7-19(36-2)15-20(17)21/h1,4,6-7,9,15,21H,5,8,10-14H2,2H3. The largest absolute Gasteiger partial charge is 0.497 e. The molecule has 2 aliphatic rings. The maximum atomic E-state index is 13.2. The molecule has 0 N–H and O–H groups in total. The zero-order valence-corrected chi connectivity index (χ0v) is 19.8. The molecule has 1 unspecified atom stereocenters. The number of terminal acetylenes is 1. The van der Waals surface area contributed by atoms with Crippen molar-refractivity contribution in [2.24, 2.45) is 0 Å². The van der Waals surface area contributed by atoms with Gasteiger partial charge in [0.15, 0.2) is 5.69 Å². The van der Waals surface area contributed by atoms with Gasteiger partial charge in [0.1, 0.15) is 23.0 Å². The molecule has 10 nitrogen and oxygen atoms in total. The Labute approximate surface area is 207 Å². The number of rotatable bonds is 5. The van der Waals surface area contributed by atoms with Crippen LogP contribution in [-0.2, 0) is 13.0 Å². The first kappa shape index (κ1) is 23.3. The highest BCUT2D eigenvalue weighted by Crippen LogP contribution is 2.39. The van der Waals surface area contributed by atoms with E-state index in [4.69, 9.17) is 11.2 Å². The number of methoxy groups -OCH3 is 1. The van der Waals surface area contributed by atoms with Gasteiger partial charge in [-0.3, -0.25) is 24.4 Å². The molecular formula is C26H24N6O4. The Kier molecular flexibility index (Phi) is 6.05. The Hall–Kier alpha value is -4.41. The van der Waals surface area contributed by atoms with Gasteiger partial charge in [0.05, 0.1) is 24.1 Å². The van der Waals surface area contributed by atoms with Crippen LogP contribution in [0.5, 0.6) is 5.75 Å². The van der Waals surface area contributed by atoms with Gasteiger partial charge in [0.2, 0.25) is 0 Å². The van der Waals surface area contributed by atoms with Crippen molar-refractivity contribution in [3.8, 4) is 24.2 Å². The van der Waals surface area contributed by atoms with Gasteiger partial charge in [-0.15, -0.1) is 6.42 Å². The molecule has 1 saturated heterocycles. The number of nitro groups is 1. The number of fused-ring (bicyclic) bond motifs is 2. The number of piperazine rings is 1. The Balaban J connectivity index is 1.53. The SMILES string of the molecule is C#CCn1c(=O)c([N+](=O)[O-])c(N2CCN(C3CCc4ccc(OC)cc43)CC2)c2nc(C#N)ccc21. The average Bonchev–Trinajstić information content (AvgIpc) is 3.32. The molecule has 1 atom stereocenters. The second kappa shape index (κ2) is 9.33. The lowest BCUT2D eigenvalue weighted by Gasteiger charge is -2.39. The average molecular weight is 485 g/mol. The molecule has 5 rings (SSSR count). The van der Waals surface area contributed by atoms with Crippen LogP contribution in [0.3, 0.4) is 0 Å². The van der Waals surface area contributed by atoms with Gasteiger partial charge in [0, 0.05) is 32.2 Å². The highest BCUT2D eigenvalue weighted by molar-refractivity contribution is 5.94. The lowest BCUT2D eigenvalue weighted by molar-refractivity contribution is -0.385. The van der Waals surface area contributed by atoms with Gasteiger partial charge < -0.3 is 9.64 Å². The van der Waals surface area contributed by atoms with Crippen molar-refractivity contribution in [3.63, 3.8) is 0 Å². The third kappa shape index (κ3) is 3.82. The van der Waals surface area contributed by atoms with E-state index in [-0.39, 0.29) is 29.5 Å². The summed E-state index contributed by atoms with van der Waals surface area (Å²) in [6.45, 7) is 2.13. The number of ether oxygens (including phenoxy) is 1. The summed E-state index contributed by atoms with van der Waals surface area (Å²) < 4.78 is 6.59. The molecule has 1 fully saturated rings. The fraction of sp³-hybridized carbons (Fsp3) is 0.346. The molecule has 3 aromatic rings. The summed E-state index contributed by atoms with van der Waals surface area (Å²) in [5.41, 5.74) is 2.11. The molecule has 0 radical (unpaired) electrons. The number of pyridine rings is 2. The first-order chi connectivity index (χ1) is 17.5. The molecule has 0 saturated carbocycles. The molecule has 1 aliphatic heterocycles. The van der Waals surface area contributed by atoms with E-state index in [1.165, 1.54) is 21.8 Å². The Morgan fingerprint density at radius 2 is 2.03 bits per heavy atom. The van der Waals surface area contributed by atoms with Gasteiger partial charge in [-0.05, 0) is 48.2 Å². The van der Waals surface area contributed by atoms with Crippen LogP contribution in [0.1, 0.15) is 29.3 Å². The highest BCUT2D eigenvalue weighted by Gasteiger charge is 2.35. The van der Waals surface area contributed by atoms with E-state index in [1.54, 1.807) is 13.2 Å². The smallest absolute Gasteiger partial charge is 0.359 e. The zero-order valence-electron chi connectivity index (χ0n) is 19.8. The van der Waals surface area contributed by atoms with Crippen LogP contribution >= 0.6 is 0 Å². The molecule has 3 heterocycles. The number of hydrogen-bond acceptors (Lipinski definition) is 8. The molecule has 182 valence electrons. The Morgan fingerprint density at radius 3 is 2.69 bits per heavy atom. The topological polar surface area (TPSA) is 118 Å². The van der Waals surface area contributed by atoms with Gasteiger partial charge in [-0.25, -0.2) is 4.98 Å². The zero-order chi connectivity index (χ0) is 25.4. The molecule has 1 aliphatic carbocycles. The second-order valence-corrected chi connectivity index (χ2v) is 8.87. The molecule has 1 aromatic carbocycles. The van der Waals surface area contributed by atoms with Crippen molar-refractivity contribution in [2.75, 3.05) is 38.2 Å². The summed E-state index contributed by atoms with van der Waals surface area (Å²) in [7, 11) is 1.66. The Morgan fingerprint density at radius 1 is 1.25 bits per heavy atom. The van der Waals surface area contributed by atoms with Crippen molar-refractivity contribution < 1.29 is 9.66 Å². The van der Waals surface area contributed by atoms with Crippen LogP contribution < -0.4 is 15.2 Å². The van der Waals surface area contributed by atoms with Crippen molar-refractivity contribution >= 4 is 22.4 Å². The normalized spacial score (nSPS) is 17.4. The molecule has 0 amide bonds. The van der Waals surface area contributed by atoms with E-state index in [2.05, 4.69) is 27.9 Å².